The van der Waals surface area contributed by atoms with Crippen LogP contribution in [-0.2, 0) is 10.1 Å². The molecule has 0 saturated carbocycles. The van der Waals surface area contributed by atoms with Crippen molar-refractivity contribution in [1.82, 2.24) is 0 Å². The molecule has 0 atom stereocenters. The first kappa shape index (κ1) is 10.7. The predicted molar refractivity (Wildman–Crippen MR) is 53.6 cm³/mol. The van der Waals surface area contributed by atoms with Gasteiger partial charge in [0, 0.05) is 0 Å². The molecular weight excluding hydrogens is 204 g/mol. The molecule has 0 aliphatic rings. The fourth-order valence-corrected chi connectivity index (χ4v) is 1.21. The maximum absolute atomic E-state index is 10.4. The van der Waals surface area contributed by atoms with Crippen molar-refractivity contribution >= 4 is 16.2 Å². The number of hydrogen-bond donors (Lipinski definition) is 1. The Bertz CT molecular complexity index is 417. The lowest BCUT2D eigenvalue weighted by molar-refractivity contribution is 0.415. The first-order valence-electron chi connectivity index (χ1n) is 3.81. The summed E-state index contributed by atoms with van der Waals surface area (Å²) < 4.78 is 34.1. The molecule has 4 nitrogen and oxygen atoms in total. The molecule has 0 heterocycles. The van der Waals surface area contributed by atoms with Crippen LogP contribution in [0.3, 0.4) is 0 Å². The van der Waals surface area contributed by atoms with E-state index >= 15 is 0 Å². The van der Waals surface area contributed by atoms with Crippen LogP contribution in [-0.4, -0.2) is 20.1 Å². The third kappa shape index (κ3) is 3.59. The molecule has 0 saturated heterocycles. The highest BCUT2D eigenvalue weighted by molar-refractivity contribution is 7.88. The molecule has 1 rings (SSSR count). The summed E-state index contributed by atoms with van der Waals surface area (Å²) in [6.45, 7) is 0. The van der Waals surface area contributed by atoms with Gasteiger partial charge in [0.2, 0.25) is 0 Å². The van der Waals surface area contributed by atoms with Crippen LogP contribution in [0.15, 0.2) is 29.7 Å². The molecule has 0 amide bonds. The quantitative estimate of drug-likeness (QED) is 0.775. The van der Waals surface area contributed by atoms with Gasteiger partial charge in [-0.15, -0.1) is 0 Å². The summed E-state index contributed by atoms with van der Waals surface area (Å²) in [6, 6.07) is 6.76. The highest BCUT2D eigenvalue weighted by atomic mass is 32.2. The molecule has 0 fully saturated rings. The Morgan fingerprint density at radius 1 is 1.29 bits per heavy atom. The van der Waals surface area contributed by atoms with Crippen LogP contribution in [0, 0.1) is 0 Å². The zero-order valence-electron chi connectivity index (χ0n) is 7.54. The smallest absolute Gasteiger partial charge is 0.287 e. The SMILES string of the molecule is COc1ccc(C=CS(=O)(=O)O)cc1. The van der Waals surface area contributed by atoms with Crippen LogP contribution < -0.4 is 4.74 Å². The summed E-state index contributed by atoms with van der Waals surface area (Å²) in [7, 11) is -2.51. The Labute approximate surface area is 82.6 Å². The maximum atomic E-state index is 10.4. The van der Waals surface area contributed by atoms with E-state index in [-0.39, 0.29) is 0 Å². The van der Waals surface area contributed by atoms with Crippen molar-refractivity contribution in [2.24, 2.45) is 0 Å². The Balaban J connectivity index is 2.84. The van der Waals surface area contributed by atoms with E-state index in [2.05, 4.69) is 0 Å². The van der Waals surface area contributed by atoms with Crippen LogP contribution in [0.4, 0.5) is 0 Å². The molecular formula is C9H10O4S. The first-order valence-corrected chi connectivity index (χ1v) is 5.31. The summed E-state index contributed by atoms with van der Waals surface area (Å²) in [4.78, 5) is 0. The summed E-state index contributed by atoms with van der Waals surface area (Å²) in [5.41, 5.74) is 0.670. The molecule has 5 heteroatoms. The van der Waals surface area contributed by atoms with Crippen LogP contribution in [0.5, 0.6) is 5.75 Å². The molecule has 14 heavy (non-hydrogen) atoms. The predicted octanol–water partition coefficient (Wildman–Crippen LogP) is 1.55. The van der Waals surface area contributed by atoms with Crippen molar-refractivity contribution in [2.45, 2.75) is 0 Å². The summed E-state index contributed by atoms with van der Waals surface area (Å²) >= 11 is 0. The monoisotopic (exact) mass is 214 g/mol. The number of rotatable bonds is 3. The molecule has 0 spiro atoms. The zero-order chi connectivity index (χ0) is 10.6. The molecule has 1 aromatic carbocycles. The van der Waals surface area contributed by atoms with E-state index < -0.39 is 10.1 Å². The van der Waals surface area contributed by atoms with Crippen molar-refractivity contribution in [3.05, 3.63) is 35.2 Å². The summed E-state index contributed by atoms with van der Waals surface area (Å²) in [6.07, 6.45) is 1.30. The molecule has 1 N–H and O–H groups in total. The van der Waals surface area contributed by atoms with E-state index in [0.717, 1.165) is 5.41 Å². The molecule has 1 aromatic rings. The molecule has 0 radical (unpaired) electrons. The van der Waals surface area contributed by atoms with E-state index in [4.69, 9.17) is 9.29 Å². The van der Waals surface area contributed by atoms with Gasteiger partial charge in [0.1, 0.15) is 5.75 Å². The Kier molecular flexibility index (Phi) is 3.27. The largest absolute Gasteiger partial charge is 0.497 e. The molecule has 0 unspecified atom stereocenters. The van der Waals surface area contributed by atoms with Crippen molar-refractivity contribution in [1.29, 1.82) is 0 Å². The van der Waals surface area contributed by atoms with Gasteiger partial charge in [-0.2, -0.15) is 8.42 Å². The van der Waals surface area contributed by atoms with Gasteiger partial charge in [-0.3, -0.25) is 4.55 Å². The van der Waals surface area contributed by atoms with Crippen molar-refractivity contribution < 1.29 is 17.7 Å². The minimum atomic E-state index is -4.05. The third-order valence-electron chi connectivity index (χ3n) is 1.55. The van der Waals surface area contributed by atoms with E-state index in [1.807, 2.05) is 0 Å². The summed E-state index contributed by atoms with van der Waals surface area (Å²) in [5.74, 6) is 0.689. The highest BCUT2D eigenvalue weighted by Crippen LogP contribution is 2.12. The molecule has 0 aromatic heterocycles. The van der Waals surface area contributed by atoms with Gasteiger partial charge in [0.25, 0.3) is 10.1 Å². The van der Waals surface area contributed by atoms with E-state index in [0.29, 0.717) is 11.3 Å². The number of hydrogen-bond acceptors (Lipinski definition) is 3. The zero-order valence-corrected chi connectivity index (χ0v) is 8.36. The van der Waals surface area contributed by atoms with Gasteiger partial charge in [0.05, 0.1) is 12.5 Å². The lowest BCUT2D eigenvalue weighted by Gasteiger charge is -1.98. The molecule has 0 aliphatic heterocycles. The van der Waals surface area contributed by atoms with Crippen LogP contribution in [0.25, 0.3) is 6.08 Å². The van der Waals surface area contributed by atoms with Gasteiger partial charge in [-0.25, -0.2) is 0 Å². The average Bonchev–Trinajstić information content (AvgIpc) is 2.14. The number of methoxy groups -OCH3 is 1. The average molecular weight is 214 g/mol. The lowest BCUT2D eigenvalue weighted by Crippen LogP contribution is -1.89. The molecule has 0 aliphatic carbocycles. The Morgan fingerprint density at radius 3 is 2.29 bits per heavy atom. The normalized spacial score (nSPS) is 11.9. The van der Waals surface area contributed by atoms with Gasteiger partial charge in [0.15, 0.2) is 0 Å². The second-order valence-electron chi connectivity index (χ2n) is 2.59. The van der Waals surface area contributed by atoms with Crippen molar-refractivity contribution in [3.63, 3.8) is 0 Å². The van der Waals surface area contributed by atoms with Gasteiger partial charge in [-0.1, -0.05) is 12.1 Å². The maximum Gasteiger partial charge on any atom is 0.287 e. The van der Waals surface area contributed by atoms with Gasteiger partial charge < -0.3 is 4.74 Å². The number of benzene rings is 1. The Morgan fingerprint density at radius 2 is 1.86 bits per heavy atom. The molecule has 0 bridgehead atoms. The van der Waals surface area contributed by atoms with Crippen LogP contribution >= 0.6 is 0 Å². The van der Waals surface area contributed by atoms with Crippen LogP contribution in [0.2, 0.25) is 0 Å². The topological polar surface area (TPSA) is 63.6 Å². The van der Waals surface area contributed by atoms with E-state index in [1.54, 1.807) is 31.4 Å². The van der Waals surface area contributed by atoms with Gasteiger partial charge >= 0.3 is 0 Å². The van der Waals surface area contributed by atoms with E-state index in [9.17, 15) is 8.42 Å². The fourth-order valence-electron chi connectivity index (χ4n) is 0.880. The summed E-state index contributed by atoms with van der Waals surface area (Å²) in [5, 5.41) is 0.731. The minimum Gasteiger partial charge on any atom is -0.497 e. The lowest BCUT2D eigenvalue weighted by atomic mass is 10.2. The second kappa shape index (κ2) is 4.26. The van der Waals surface area contributed by atoms with E-state index in [1.165, 1.54) is 6.08 Å². The van der Waals surface area contributed by atoms with Gasteiger partial charge in [-0.05, 0) is 23.8 Å². The number of ether oxygens (including phenoxy) is 1. The van der Waals surface area contributed by atoms with Crippen LogP contribution in [0.1, 0.15) is 5.56 Å². The molecule has 76 valence electrons. The van der Waals surface area contributed by atoms with Crippen molar-refractivity contribution in [2.75, 3.05) is 7.11 Å². The highest BCUT2D eigenvalue weighted by Gasteiger charge is 1.95. The second-order valence-corrected chi connectivity index (χ2v) is 3.89. The fraction of sp³-hybridized carbons (Fsp3) is 0.111. The third-order valence-corrected chi connectivity index (χ3v) is 2.03. The van der Waals surface area contributed by atoms with Crippen molar-refractivity contribution in [3.8, 4) is 5.75 Å². The Hall–Kier alpha value is -1.33. The first-order chi connectivity index (χ1) is 6.51. The standard InChI is InChI=1S/C9H10O4S/c1-13-9-4-2-8(3-5-9)6-7-14(10,11)12/h2-7H,1H3,(H,10,11,12). The minimum absolute atomic E-state index is 0.670.